The molecule has 1 heterocycles. The van der Waals surface area contributed by atoms with Crippen LogP contribution in [0.3, 0.4) is 0 Å². The summed E-state index contributed by atoms with van der Waals surface area (Å²) in [5.41, 5.74) is 0.897. The first kappa shape index (κ1) is 17.4. The Kier molecular flexibility index (Phi) is 5.03. The summed E-state index contributed by atoms with van der Waals surface area (Å²) >= 11 is 0. The van der Waals surface area contributed by atoms with Crippen molar-refractivity contribution in [2.75, 3.05) is 26.3 Å². The van der Waals surface area contributed by atoms with Gasteiger partial charge in [0.05, 0.1) is 23.8 Å². The SMILES string of the molecule is O=S(=O)(c1ccc(N=Cc2cccc(O)c2O)cc1)N1CCOCC1. The summed E-state index contributed by atoms with van der Waals surface area (Å²) < 4.78 is 31.6. The van der Waals surface area contributed by atoms with Gasteiger partial charge in [0.15, 0.2) is 11.5 Å². The van der Waals surface area contributed by atoms with Crippen LogP contribution in [-0.4, -0.2) is 55.5 Å². The first-order chi connectivity index (χ1) is 12.0. The van der Waals surface area contributed by atoms with Gasteiger partial charge in [-0.2, -0.15) is 4.31 Å². The molecule has 0 atom stereocenters. The van der Waals surface area contributed by atoms with Crippen molar-refractivity contribution in [3.63, 3.8) is 0 Å². The molecular formula is C17H18N2O5S. The second-order valence-corrected chi connectivity index (χ2v) is 7.42. The van der Waals surface area contributed by atoms with Crippen LogP contribution in [0, 0.1) is 0 Å². The minimum atomic E-state index is -3.53. The number of hydrogen-bond donors (Lipinski definition) is 2. The van der Waals surface area contributed by atoms with E-state index in [1.807, 2.05) is 0 Å². The van der Waals surface area contributed by atoms with Crippen LogP contribution in [0.1, 0.15) is 5.56 Å². The molecule has 132 valence electrons. The molecule has 1 fully saturated rings. The number of morpholine rings is 1. The Hall–Kier alpha value is -2.42. The number of benzene rings is 2. The van der Waals surface area contributed by atoms with Crippen molar-refractivity contribution in [3.8, 4) is 11.5 Å². The number of para-hydroxylation sites is 1. The summed E-state index contributed by atoms with van der Waals surface area (Å²) in [7, 11) is -3.53. The number of phenols is 2. The zero-order valence-electron chi connectivity index (χ0n) is 13.4. The van der Waals surface area contributed by atoms with Crippen LogP contribution in [0.4, 0.5) is 5.69 Å². The van der Waals surface area contributed by atoms with Crippen molar-refractivity contribution in [2.24, 2.45) is 4.99 Å². The van der Waals surface area contributed by atoms with Crippen LogP contribution < -0.4 is 0 Å². The van der Waals surface area contributed by atoms with E-state index in [0.717, 1.165) is 0 Å². The molecule has 2 aromatic rings. The lowest BCUT2D eigenvalue weighted by Crippen LogP contribution is -2.40. The standard InChI is InChI=1S/C17H18N2O5S/c20-16-3-1-2-13(17(16)21)12-18-14-4-6-15(7-5-14)25(22,23)19-8-10-24-11-9-19/h1-7,12,20-21H,8-11H2. The fraction of sp³-hybridized carbons (Fsp3) is 0.235. The molecule has 0 spiro atoms. The van der Waals surface area contributed by atoms with E-state index in [2.05, 4.69) is 4.99 Å². The van der Waals surface area contributed by atoms with Gasteiger partial charge in [-0.25, -0.2) is 8.42 Å². The van der Waals surface area contributed by atoms with Crippen LogP contribution >= 0.6 is 0 Å². The molecule has 0 aliphatic carbocycles. The number of aliphatic imine (C=N–C) groups is 1. The lowest BCUT2D eigenvalue weighted by atomic mass is 10.2. The molecule has 1 aliphatic rings. The Labute approximate surface area is 145 Å². The number of aromatic hydroxyl groups is 2. The Morgan fingerprint density at radius 2 is 1.72 bits per heavy atom. The molecule has 0 amide bonds. The quantitative estimate of drug-likeness (QED) is 0.639. The van der Waals surface area contributed by atoms with E-state index in [0.29, 0.717) is 37.6 Å². The molecule has 0 aromatic heterocycles. The first-order valence-electron chi connectivity index (χ1n) is 7.71. The highest BCUT2D eigenvalue weighted by Crippen LogP contribution is 2.27. The number of hydrogen-bond acceptors (Lipinski definition) is 6. The predicted octanol–water partition coefficient (Wildman–Crippen LogP) is 1.87. The maximum atomic E-state index is 12.5. The van der Waals surface area contributed by atoms with Crippen molar-refractivity contribution in [1.29, 1.82) is 0 Å². The molecule has 0 saturated carbocycles. The molecule has 0 bridgehead atoms. The van der Waals surface area contributed by atoms with E-state index in [1.165, 1.54) is 28.7 Å². The second kappa shape index (κ2) is 7.22. The van der Waals surface area contributed by atoms with Crippen LogP contribution in [-0.2, 0) is 14.8 Å². The van der Waals surface area contributed by atoms with Crippen molar-refractivity contribution in [3.05, 3.63) is 48.0 Å². The molecule has 1 saturated heterocycles. The van der Waals surface area contributed by atoms with E-state index < -0.39 is 10.0 Å². The van der Waals surface area contributed by atoms with E-state index in [9.17, 15) is 18.6 Å². The lowest BCUT2D eigenvalue weighted by Gasteiger charge is -2.26. The fourth-order valence-corrected chi connectivity index (χ4v) is 3.85. The van der Waals surface area contributed by atoms with Gasteiger partial charge in [0.2, 0.25) is 10.0 Å². The average molecular weight is 362 g/mol. The maximum Gasteiger partial charge on any atom is 0.243 e. The highest BCUT2D eigenvalue weighted by atomic mass is 32.2. The molecule has 0 radical (unpaired) electrons. The highest BCUT2D eigenvalue weighted by molar-refractivity contribution is 7.89. The molecule has 2 aromatic carbocycles. The Balaban J connectivity index is 1.78. The Morgan fingerprint density at radius 1 is 1.04 bits per heavy atom. The van der Waals surface area contributed by atoms with Crippen LogP contribution in [0.5, 0.6) is 11.5 Å². The van der Waals surface area contributed by atoms with E-state index in [-0.39, 0.29) is 16.4 Å². The molecule has 2 N–H and O–H groups in total. The van der Waals surface area contributed by atoms with Gasteiger partial charge in [0, 0.05) is 24.9 Å². The zero-order valence-corrected chi connectivity index (χ0v) is 14.2. The van der Waals surface area contributed by atoms with Crippen molar-refractivity contribution in [1.82, 2.24) is 4.31 Å². The summed E-state index contributed by atoms with van der Waals surface area (Å²) in [5, 5.41) is 19.2. The van der Waals surface area contributed by atoms with Crippen LogP contribution in [0.2, 0.25) is 0 Å². The van der Waals surface area contributed by atoms with Gasteiger partial charge in [-0.05, 0) is 36.4 Å². The van der Waals surface area contributed by atoms with Gasteiger partial charge >= 0.3 is 0 Å². The minimum Gasteiger partial charge on any atom is -0.504 e. The highest BCUT2D eigenvalue weighted by Gasteiger charge is 2.25. The van der Waals surface area contributed by atoms with Gasteiger partial charge < -0.3 is 14.9 Å². The Bertz CT molecular complexity index is 872. The van der Waals surface area contributed by atoms with Crippen molar-refractivity contribution >= 4 is 21.9 Å². The third-order valence-corrected chi connectivity index (χ3v) is 5.76. The summed E-state index contributed by atoms with van der Waals surface area (Å²) in [5.74, 6) is -0.478. The molecule has 0 unspecified atom stereocenters. The van der Waals surface area contributed by atoms with Gasteiger partial charge in [-0.3, -0.25) is 4.99 Å². The van der Waals surface area contributed by atoms with Gasteiger partial charge in [-0.15, -0.1) is 0 Å². The number of phenolic OH excluding ortho intramolecular Hbond substituents is 2. The maximum absolute atomic E-state index is 12.5. The number of sulfonamides is 1. The molecule has 3 rings (SSSR count). The minimum absolute atomic E-state index is 0.202. The summed E-state index contributed by atoms with van der Waals surface area (Å²) in [6, 6.07) is 10.7. The third-order valence-electron chi connectivity index (χ3n) is 3.84. The largest absolute Gasteiger partial charge is 0.504 e. The summed E-state index contributed by atoms with van der Waals surface area (Å²) in [4.78, 5) is 4.39. The smallest absolute Gasteiger partial charge is 0.243 e. The average Bonchev–Trinajstić information content (AvgIpc) is 2.64. The van der Waals surface area contributed by atoms with E-state index in [4.69, 9.17) is 4.74 Å². The predicted molar refractivity (Wildman–Crippen MR) is 93.0 cm³/mol. The fourth-order valence-electron chi connectivity index (χ4n) is 2.44. The number of ether oxygens (including phenoxy) is 1. The monoisotopic (exact) mass is 362 g/mol. The lowest BCUT2D eigenvalue weighted by molar-refractivity contribution is 0.0730. The topological polar surface area (TPSA) is 99.4 Å². The second-order valence-electron chi connectivity index (χ2n) is 5.48. The van der Waals surface area contributed by atoms with Crippen molar-refractivity contribution in [2.45, 2.75) is 4.90 Å². The van der Waals surface area contributed by atoms with E-state index >= 15 is 0 Å². The summed E-state index contributed by atoms with van der Waals surface area (Å²) in [6.45, 7) is 1.49. The molecule has 8 heteroatoms. The van der Waals surface area contributed by atoms with Gasteiger partial charge in [0.25, 0.3) is 0 Å². The first-order valence-corrected chi connectivity index (χ1v) is 9.15. The normalized spacial score (nSPS) is 16.3. The third kappa shape index (κ3) is 3.81. The number of nitrogens with zero attached hydrogens (tertiary/aromatic N) is 2. The van der Waals surface area contributed by atoms with Crippen molar-refractivity contribution < 1.29 is 23.4 Å². The molecule has 25 heavy (non-hydrogen) atoms. The molecular weight excluding hydrogens is 344 g/mol. The number of rotatable bonds is 4. The van der Waals surface area contributed by atoms with Gasteiger partial charge in [-0.1, -0.05) is 6.07 Å². The molecule has 7 nitrogen and oxygen atoms in total. The molecule has 1 aliphatic heterocycles. The van der Waals surface area contributed by atoms with Gasteiger partial charge in [0.1, 0.15) is 0 Å². The van der Waals surface area contributed by atoms with Crippen LogP contribution in [0.25, 0.3) is 0 Å². The zero-order chi connectivity index (χ0) is 17.9. The van der Waals surface area contributed by atoms with Crippen LogP contribution in [0.15, 0.2) is 52.4 Å². The van der Waals surface area contributed by atoms with E-state index in [1.54, 1.807) is 24.3 Å². The Morgan fingerprint density at radius 3 is 2.40 bits per heavy atom. The summed E-state index contributed by atoms with van der Waals surface area (Å²) in [6.07, 6.45) is 1.40.